The molecule has 0 aromatic heterocycles. The number of carbonyl (C=O) groups is 1. The fraction of sp³-hybridized carbons (Fsp3) is 0.480. The third-order valence-corrected chi connectivity index (χ3v) is 8.03. The Bertz CT molecular complexity index is 1060. The number of hydrogen-bond donors (Lipinski definition) is 4. The molecule has 0 saturated heterocycles. The summed E-state index contributed by atoms with van der Waals surface area (Å²) in [5, 5.41) is 25.2. The van der Waals surface area contributed by atoms with Gasteiger partial charge >= 0.3 is 0 Å². The van der Waals surface area contributed by atoms with Crippen molar-refractivity contribution < 1.29 is 32.9 Å². The van der Waals surface area contributed by atoms with Crippen molar-refractivity contribution in [1.29, 1.82) is 0 Å². The zero-order chi connectivity index (χ0) is 26.5. The molecule has 2 aromatic rings. The van der Waals surface area contributed by atoms with Crippen LogP contribution in [0.15, 0.2) is 35.2 Å². The van der Waals surface area contributed by atoms with Gasteiger partial charge in [0.25, 0.3) is 5.91 Å². The molecule has 198 valence electrons. The van der Waals surface area contributed by atoms with Crippen LogP contribution in [0, 0.1) is 28.8 Å². The molecule has 11 heteroatoms. The van der Waals surface area contributed by atoms with Crippen molar-refractivity contribution in [3.63, 3.8) is 0 Å². The van der Waals surface area contributed by atoms with Crippen molar-refractivity contribution in [3.05, 3.63) is 58.4 Å². The Balaban J connectivity index is 1.62. The van der Waals surface area contributed by atoms with E-state index in [2.05, 4.69) is 10.6 Å². The Labute approximate surface area is 217 Å². The molecule has 4 unspecified atom stereocenters. The van der Waals surface area contributed by atoms with Crippen molar-refractivity contribution in [2.75, 3.05) is 37.4 Å². The largest absolute Gasteiger partial charge is 0.395 e. The third-order valence-electron chi connectivity index (χ3n) is 6.37. The lowest BCUT2D eigenvalue weighted by Gasteiger charge is -2.24. The summed E-state index contributed by atoms with van der Waals surface area (Å²) < 4.78 is 45.9. The van der Waals surface area contributed by atoms with Gasteiger partial charge in [0.2, 0.25) is 0 Å². The molecule has 2 aromatic carbocycles. The highest BCUT2D eigenvalue weighted by molar-refractivity contribution is 7.99. The number of rotatable bonds is 13. The summed E-state index contributed by atoms with van der Waals surface area (Å²) in [7, 11) is 0. The number of aliphatic hydroxyl groups excluding tert-OH is 2. The monoisotopic (exact) mass is 546 g/mol. The van der Waals surface area contributed by atoms with Gasteiger partial charge in [0.15, 0.2) is 17.5 Å². The SMILES string of the molecule is CC(CO)NCCOCC(CSc1cc(C(=O)Nc2cc(F)c(F)c(F)c2)ccc1Cl)C1(C)CC1O. The minimum Gasteiger partial charge on any atom is -0.395 e. The maximum atomic E-state index is 13.5. The second-order valence-corrected chi connectivity index (χ2v) is 10.7. The fourth-order valence-electron chi connectivity index (χ4n) is 3.67. The molecule has 1 aliphatic carbocycles. The molecular formula is C25H30ClF3N2O4S. The highest BCUT2D eigenvalue weighted by Crippen LogP contribution is 2.53. The van der Waals surface area contributed by atoms with Crippen LogP contribution in [0.1, 0.15) is 30.6 Å². The molecule has 0 radical (unpaired) electrons. The van der Waals surface area contributed by atoms with Crippen molar-refractivity contribution >= 4 is 35.0 Å². The lowest BCUT2D eigenvalue weighted by molar-refractivity contribution is 0.0689. The van der Waals surface area contributed by atoms with Gasteiger partial charge in [0, 0.05) is 52.0 Å². The molecular weight excluding hydrogens is 517 g/mol. The van der Waals surface area contributed by atoms with Crippen LogP contribution >= 0.6 is 23.4 Å². The van der Waals surface area contributed by atoms with E-state index in [0.29, 0.717) is 54.0 Å². The standard InChI is InChI=1S/C25H30ClF3N2O4S/c1-14(11-32)30-5-6-35-12-16(25(2)10-22(25)33)13-36-21-7-15(3-4-18(21)26)24(34)31-17-8-19(27)23(29)20(28)9-17/h3-4,7-9,14,16,22,30,32-33H,5-6,10-13H2,1-2H3,(H,31,34). The Morgan fingerprint density at radius 3 is 2.56 bits per heavy atom. The molecule has 1 amide bonds. The Hall–Kier alpha value is -1.82. The number of hydrogen-bond acceptors (Lipinski definition) is 6. The van der Waals surface area contributed by atoms with Crippen LogP contribution in [0.2, 0.25) is 5.02 Å². The molecule has 0 heterocycles. The molecule has 1 aliphatic rings. The highest BCUT2D eigenvalue weighted by atomic mass is 35.5. The first-order valence-electron chi connectivity index (χ1n) is 11.5. The van der Waals surface area contributed by atoms with Gasteiger partial charge in [-0.1, -0.05) is 18.5 Å². The lowest BCUT2D eigenvalue weighted by atomic mass is 9.93. The summed E-state index contributed by atoms with van der Waals surface area (Å²) in [6.45, 7) is 5.39. The van der Waals surface area contributed by atoms with E-state index in [1.54, 1.807) is 12.1 Å². The van der Waals surface area contributed by atoms with Crippen LogP contribution in [0.4, 0.5) is 18.9 Å². The fourth-order valence-corrected chi connectivity index (χ4v) is 5.22. The van der Waals surface area contributed by atoms with Gasteiger partial charge in [-0.25, -0.2) is 13.2 Å². The Morgan fingerprint density at radius 1 is 1.28 bits per heavy atom. The Morgan fingerprint density at radius 2 is 1.94 bits per heavy atom. The van der Waals surface area contributed by atoms with E-state index >= 15 is 0 Å². The van der Waals surface area contributed by atoms with E-state index in [0.717, 1.165) is 0 Å². The number of thioether (sulfide) groups is 1. The minimum atomic E-state index is -1.61. The first kappa shape index (κ1) is 28.7. The predicted octanol–water partition coefficient (Wildman–Crippen LogP) is 4.48. The summed E-state index contributed by atoms with van der Waals surface area (Å²) >= 11 is 7.77. The topological polar surface area (TPSA) is 90.8 Å². The molecule has 0 aliphatic heterocycles. The van der Waals surface area contributed by atoms with Crippen LogP contribution < -0.4 is 10.6 Å². The number of anilines is 1. The predicted molar refractivity (Wildman–Crippen MR) is 134 cm³/mol. The van der Waals surface area contributed by atoms with E-state index in [-0.39, 0.29) is 35.2 Å². The quantitative estimate of drug-likeness (QED) is 0.168. The van der Waals surface area contributed by atoms with Gasteiger partial charge in [-0.2, -0.15) is 0 Å². The molecule has 4 N–H and O–H groups in total. The van der Waals surface area contributed by atoms with Crippen LogP contribution in [0.25, 0.3) is 0 Å². The summed E-state index contributed by atoms with van der Waals surface area (Å²) in [5.41, 5.74) is -0.283. The maximum Gasteiger partial charge on any atom is 0.255 e. The second kappa shape index (κ2) is 12.6. The first-order chi connectivity index (χ1) is 17.0. The van der Waals surface area contributed by atoms with Gasteiger partial charge < -0.3 is 25.6 Å². The van der Waals surface area contributed by atoms with E-state index in [1.807, 2.05) is 13.8 Å². The van der Waals surface area contributed by atoms with Crippen molar-refractivity contribution in [3.8, 4) is 0 Å². The van der Waals surface area contributed by atoms with E-state index in [4.69, 9.17) is 21.4 Å². The van der Waals surface area contributed by atoms with Gasteiger partial charge in [0.05, 0.1) is 30.9 Å². The molecule has 1 saturated carbocycles. The number of ether oxygens (including phenoxy) is 1. The summed E-state index contributed by atoms with van der Waals surface area (Å²) in [6, 6.07) is 5.99. The maximum absolute atomic E-state index is 13.5. The normalized spacial score (nSPS) is 20.7. The number of halogens is 4. The average Bonchev–Trinajstić information content (AvgIpc) is 3.46. The minimum absolute atomic E-state index is 0.0181. The van der Waals surface area contributed by atoms with Gasteiger partial charge in [-0.05, 0) is 37.5 Å². The summed E-state index contributed by atoms with van der Waals surface area (Å²) in [4.78, 5) is 13.3. The molecule has 0 bridgehead atoms. The molecule has 0 spiro atoms. The van der Waals surface area contributed by atoms with E-state index in [9.17, 15) is 23.1 Å². The Kier molecular flexibility index (Phi) is 10.1. The van der Waals surface area contributed by atoms with Gasteiger partial charge in [-0.15, -0.1) is 11.8 Å². The number of amides is 1. The zero-order valence-electron chi connectivity index (χ0n) is 20.0. The summed E-state index contributed by atoms with van der Waals surface area (Å²) in [5.74, 6) is -4.45. The van der Waals surface area contributed by atoms with Crippen LogP contribution in [-0.2, 0) is 4.74 Å². The smallest absolute Gasteiger partial charge is 0.255 e. The molecule has 4 atom stereocenters. The van der Waals surface area contributed by atoms with Gasteiger partial charge in [0.1, 0.15) is 0 Å². The van der Waals surface area contributed by atoms with Crippen molar-refractivity contribution in [2.45, 2.75) is 37.3 Å². The van der Waals surface area contributed by atoms with E-state index in [1.165, 1.54) is 17.8 Å². The third kappa shape index (κ3) is 7.36. The number of nitrogens with one attached hydrogen (secondary N) is 2. The molecule has 6 nitrogen and oxygen atoms in total. The van der Waals surface area contributed by atoms with Crippen molar-refractivity contribution in [2.24, 2.45) is 11.3 Å². The molecule has 1 fully saturated rings. The van der Waals surface area contributed by atoms with E-state index < -0.39 is 29.5 Å². The number of benzene rings is 2. The van der Waals surface area contributed by atoms with Crippen LogP contribution in [-0.4, -0.2) is 60.4 Å². The zero-order valence-corrected chi connectivity index (χ0v) is 21.6. The lowest BCUT2D eigenvalue weighted by Crippen LogP contribution is -2.33. The number of carbonyl (C=O) groups excluding carboxylic acids is 1. The number of aliphatic hydroxyl groups is 2. The van der Waals surface area contributed by atoms with Crippen molar-refractivity contribution in [1.82, 2.24) is 5.32 Å². The summed E-state index contributed by atoms with van der Waals surface area (Å²) in [6.07, 6.45) is 0.255. The first-order valence-corrected chi connectivity index (χ1v) is 12.9. The van der Waals surface area contributed by atoms with Crippen LogP contribution in [0.3, 0.4) is 0 Å². The molecule has 36 heavy (non-hydrogen) atoms. The molecule has 3 rings (SSSR count). The second-order valence-electron chi connectivity index (χ2n) is 9.20. The van der Waals surface area contributed by atoms with Gasteiger partial charge in [-0.3, -0.25) is 4.79 Å². The highest BCUT2D eigenvalue weighted by Gasteiger charge is 2.54. The van der Waals surface area contributed by atoms with Crippen LogP contribution in [0.5, 0.6) is 0 Å². The average molecular weight is 547 g/mol.